The summed E-state index contributed by atoms with van der Waals surface area (Å²) in [6.07, 6.45) is 4.90. The summed E-state index contributed by atoms with van der Waals surface area (Å²) < 4.78 is 0. The van der Waals surface area contributed by atoms with Crippen LogP contribution in [0.25, 0.3) is 5.57 Å². The second-order valence-corrected chi connectivity index (χ2v) is 6.81. The first-order valence-electron chi connectivity index (χ1n) is 8.16. The molecule has 0 saturated carbocycles. The highest BCUT2D eigenvalue weighted by atomic mass is 15.2. The zero-order valence-corrected chi connectivity index (χ0v) is 14.5. The number of hydrogen-bond donors (Lipinski definition) is 1. The van der Waals surface area contributed by atoms with E-state index in [1.165, 1.54) is 40.8 Å². The van der Waals surface area contributed by atoms with Crippen molar-refractivity contribution in [2.45, 2.75) is 59.5 Å². The monoisotopic (exact) mass is 286 g/mol. The number of benzene rings is 1. The van der Waals surface area contributed by atoms with Gasteiger partial charge in [-0.2, -0.15) is 0 Å². The predicted molar refractivity (Wildman–Crippen MR) is 93.9 cm³/mol. The smallest absolute Gasteiger partial charge is 0.0534 e. The van der Waals surface area contributed by atoms with E-state index in [2.05, 4.69) is 63.0 Å². The molecular formula is C19H30N2. The standard InChI is InChI=1S/C19H30N2/c1-7-8-9-21-18-10-14(2)16(13-20-6)11-17(18)15(3)12-19(21,4)5/h10-12,20H,7-9,13H2,1-6H3. The van der Waals surface area contributed by atoms with Gasteiger partial charge in [0.05, 0.1) is 5.54 Å². The molecule has 0 unspecified atom stereocenters. The van der Waals surface area contributed by atoms with E-state index in [0.29, 0.717) is 0 Å². The zero-order valence-electron chi connectivity index (χ0n) is 14.5. The molecule has 1 heterocycles. The van der Waals surface area contributed by atoms with Crippen molar-refractivity contribution in [3.05, 3.63) is 34.9 Å². The van der Waals surface area contributed by atoms with Gasteiger partial charge in [0.15, 0.2) is 0 Å². The molecule has 0 atom stereocenters. The molecule has 0 radical (unpaired) electrons. The molecule has 0 fully saturated rings. The number of nitrogens with zero attached hydrogens (tertiary/aromatic N) is 1. The normalized spacial score (nSPS) is 16.7. The van der Waals surface area contributed by atoms with E-state index >= 15 is 0 Å². The van der Waals surface area contributed by atoms with Gasteiger partial charge in [-0.3, -0.25) is 0 Å². The van der Waals surface area contributed by atoms with Crippen LogP contribution in [0.4, 0.5) is 5.69 Å². The first kappa shape index (κ1) is 16.1. The number of hydrogen-bond acceptors (Lipinski definition) is 2. The van der Waals surface area contributed by atoms with Crippen LogP contribution in [0.1, 0.15) is 57.2 Å². The highest BCUT2D eigenvalue weighted by Gasteiger charge is 2.31. The minimum absolute atomic E-state index is 0.100. The van der Waals surface area contributed by atoms with Crippen LogP contribution in [0.2, 0.25) is 0 Å². The maximum atomic E-state index is 3.28. The third-order valence-electron chi connectivity index (χ3n) is 4.54. The summed E-state index contributed by atoms with van der Waals surface area (Å²) in [5, 5.41) is 3.28. The Morgan fingerprint density at radius 1 is 1.19 bits per heavy atom. The third kappa shape index (κ3) is 3.16. The lowest BCUT2D eigenvalue weighted by atomic mass is 9.86. The molecule has 2 nitrogen and oxygen atoms in total. The minimum atomic E-state index is 0.100. The Labute approximate surface area is 130 Å². The first-order chi connectivity index (χ1) is 9.90. The Morgan fingerprint density at radius 3 is 2.52 bits per heavy atom. The average molecular weight is 286 g/mol. The van der Waals surface area contributed by atoms with Crippen LogP contribution in [-0.4, -0.2) is 19.1 Å². The van der Waals surface area contributed by atoms with Crippen LogP contribution in [-0.2, 0) is 6.54 Å². The summed E-state index contributed by atoms with van der Waals surface area (Å²) in [4.78, 5) is 2.58. The quantitative estimate of drug-likeness (QED) is 0.856. The summed E-state index contributed by atoms with van der Waals surface area (Å²) in [5.74, 6) is 0. The van der Waals surface area contributed by atoms with Crippen molar-refractivity contribution >= 4 is 11.3 Å². The van der Waals surface area contributed by atoms with Crippen molar-refractivity contribution in [1.29, 1.82) is 0 Å². The molecule has 2 heteroatoms. The van der Waals surface area contributed by atoms with Gasteiger partial charge in [-0.15, -0.1) is 0 Å². The summed E-state index contributed by atoms with van der Waals surface area (Å²) >= 11 is 0. The van der Waals surface area contributed by atoms with Gasteiger partial charge in [-0.25, -0.2) is 0 Å². The largest absolute Gasteiger partial charge is 0.362 e. The Hall–Kier alpha value is -1.28. The Bertz CT molecular complexity index is 541. The number of aryl methyl sites for hydroxylation is 1. The second kappa shape index (κ2) is 6.23. The number of fused-ring (bicyclic) bond motifs is 1. The third-order valence-corrected chi connectivity index (χ3v) is 4.54. The van der Waals surface area contributed by atoms with Gasteiger partial charge < -0.3 is 10.2 Å². The fourth-order valence-electron chi connectivity index (χ4n) is 3.38. The van der Waals surface area contributed by atoms with Gasteiger partial charge in [-0.05, 0) is 70.0 Å². The van der Waals surface area contributed by atoms with Crippen molar-refractivity contribution in [1.82, 2.24) is 5.32 Å². The average Bonchev–Trinajstić information content (AvgIpc) is 2.40. The molecule has 1 aliphatic heterocycles. The molecule has 0 aromatic heterocycles. The van der Waals surface area contributed by atoms with Crippen molar-refractivity contribution in [2.75, 3.05) is 18.5 Å². The van der Waals surface area contributed by atoms with Crippen molar-refractivity contribution < 1.29 is 0 Å². The fraction of sp³-hybridized carbons (Fsp3) is 0.579. The van der Waals surface area contributed by atoms with Gasteiger partial charge in [0.1, 0.15) is 0 Å². The molecule has 1 aromatic rings. The number of nitrogens with one attached hydrogen (secondary N) is 1. The van der Waals surface area contributed by atoms with E-state index in [9.17, 15) is 0 Å². The van der Waals surface area contributed by atoms with Gasteiger partial charge in [0.2, 0.25) is 0 Å². The molecule has 1 N–H and O–H groups in total. The Balaban J connectivity index is 2.51. The van der Waals surface area contributed by atoms with Crippen LogP contribution in [0, 0.1) is 6.92 Å². The molecule has 0 aliphatic carbocycles. The molecule has 0 bridgehead atoms. The summed E-state index contributed by atoms with van der Waals surface area (Å²) in [6.45, 7) is 13.5. The van der Waals surface area contributed by atoms with Gasteiger partial charge in [0, 0.05) is 24.3 Å². The highest BCUT2D eigenvalue weighted by molar-refractivity contribution is 5.82. The summed E-state index contributed by atoms with van der Waals surface area (Å²) in [5.41, 5.74) is 7.10. The van der Waals surface area contributed by atoms with Crippen molar-refractivity contribution in [3.8, 4) is 0 Å². The number of allylic oxidation sites excluding steroid dienone is 1. The van der Waals surface area contributed by atoms with E-state index in [1.54, 1.807) is 0 Å². The van der Waals surface area contributed by atoms with E-state index < -0.39 is 0 Å². The Morgan fingerprint density at radius 2 is 1.90 bits per heavy atom. The van der Waals surface area contributed by atoms with Crippen molar-refractivity contribution in [2.24, 2.45) is 0 Å². The van der Waals surface area contributed by atoms with Crippen molar-refractivity contribution in [3.63, 3.8) is 0 Å². The first-order valence-corrected chi connectivity index (χ1v) is 8.16. The molecule has 1 aromatic carbocycles. The summed E-state index contributed by atoms with van der Waals surface area (Å²) in [6, 6.07) is 4.76. The van der Waals surface area contributed by atoms with E-state index in [1.807, 2.05) is 7.05 Å². The fourth-order valence-corrected chi connectivity index (χ4v) is 3.38. The van der Waals surface area contributed by atoms with Crippen LogP contribution in [0.5, 0.6) is 0 Å². The Kier molecular flexibility index (Phi) is 4.77. The van der Waals surface area contributed by atoms with E-state index in [0.717, 1.165) is 13.1 Å². The number of rotatable bonds is 5. The molecule has 21 heavy (non-hydrogen) atoms. The lowest BCUT2D eigenvalue weighted by Gasteiger charge is -2.44. The highest BCUT2D eigenvalue weighted by Crippen LogP contribution is 2.40. The molecule has 0 spiro atoms. The second-order valence-electron chi connectivity index (χ2n) is 6.81. The zero-order chi connectivity index (χ0) is 15.6. The molecule has 2 rings (SSSR count). The molecule has 116 valence electrons. The molecule has 0 saturated heterocycles. The number of anilines is 1. The maximum absolute atomic E-state index is 3.28. The molecular weight excluding hydrogens is 256 g/mol. The van der Waals surface area contributed by atoms with Gasteiger partial charge in [0.25, 0.3) is 0 Å². The number of unbranched alkanes of at least 4 members (excludes halogenated alkanes) is 1. The lowest BCUT2D eigenvalue weighted by Crippen LogP contribution is -2.45. The minimum Gasteiger partial charge on any atom is -0.362 e. The maximum Gasteiger partial charge on any atom is 0.0534 e. The van der Waals surface area contributed by atoms with E-state index in [4.69, 9.17) is 0 Å². The molecule has 0 amide bonds. The van der Waals surface area contributed by atoms with Crippen LogP contribution >= 0.6 is 0 Å². The SMILES string of the molecule is CCCCN1c2cc(C)c(CNC)cc2C(C)=CC1(C)C. The van der Waals surface area contributed by atoms with Gasteiger partial charge >= 0.3 is 0 Å². The van der Waals surface area contributed by atoms with Crippen LogP contribution in [0.3, 0.4) is 0 Å². The summed E-state index contributed by atoms with van der Waals surface area (Å²) in [7, 11) is 2.01. The van der Waals surface area contributed by atoms with Gasteiger partial charge in [-0.1, -0.05) is 19.4 Å². The topological polar surface area (TPSA) is 15.3 Å². The molecule has 1 aliphatic rings. The van der Waals surface area contributed by atoms with E-state index in [-0.39, 0.29) is 5.54 Å². The van der Waals surface area contributed by atoms with Crippen LogP contribution in [0.15, 0.2) is 18.2 Å². The van der Waals surface area contributed by atoms with Crippen LogP contribution < -0.4 is 10.2 Å². The lowest BCUT2D eigenvalue weighted by molar-refractivity contribution is 0.540. The predicted octanol–water partition coefficient (Wildman–Crippen LogP) is 4.52.